The van der Waals surface area contributed by atoms with E-state index in [4.69, 9.17) is 21.1 Å². The van der Waals surface area contributed by atoms with Crippen LogP contribution in [0.5, 0.6) is 11.5 Å². The third kappa shape index (κ3) is 2.79. The van der Waals surface area contributed by atoms with Crippen LogP contribution < -0.4 is 14.8 Å². The zero-order valence-electron chi connectivity index (χ0n) is 12.2. The summed E-state index contributed by atoms with van der Waals surface area (Å²) in [7, 11) is 3.23. The number of methoxy groups -OCH3 is 2. The van der Waals surface area contributed by atoms with Crippen LogP contribution in [0.25, 0.3) is 0 Å². The van der Waals surface area contributed by atoms with Gasteiger partial charge in [0, 0.05) is 18.2 Å². The molecule has 0 saturated carbocycles. The van der Waals surface area contributed by atoms with Crippen molar-refractivity contribution >= 4 is 17.3 Å². The summed E-state index contributed by atoms with van der Waals surface area (Å²) >= 11 is 6.33. The van der Waals surface area contributed by atoms with E-state index in [9.17, 15) is 0 Å². The lowest BCUT2D eigenvalue weighted by molar-refractivity contribution is 0.355. The largest absolute Gasteiger partial charge is 0.493 e. The van der Waals surface area contributed by atoms with Crippen LogP contribution in [-0.4, -0.2) is 20.3 Å². The first kappa shape index (κ1) is 14.1. The molecule has 4 heteroatoms. The minimum Gasteiger partial charge on any atom is -0.493 e. The van der Waals surface area contributed by atoms with Gasteiger partial charge in [-0.2, -0.15) is 0 Å². The molecule has 1 aliphatic rings. The summed E-state index contributed by atoms with van der Waals surface area (Å²) in [5, 5.41) is 4.16. The van der Waals surface area contributed by atoms with Crippen molar-refractivity contribution in [3.63, 3.8) is 0 Å². The molecule has 0 heterocycles. The molecule has 0 aromatic heterocycles. The van der Waals surface area contributed by atoms with Crippen molar-refractivity contribution in [3.8, 4) is 11.5 Å². The van der Waals surface area contributed by atoms with Gasteiger partial charge in [0.05, 0.1) is 24.9 Å². The molecule has 0 radical (unpaired) electrons. The molecular weight excluding hydrogens is 286 g/mol. The molecule has 3 nitrogen and oxygen atoms in total. The molecule has 3 rings (SSSR count). The summed E-state index contributed by atoms with van der Waals surface area (Å²) in [5.74, 6) is 1.32. The van der Waals surface area contributed by atoms with E-state index in [0.29, 0.717) is 22.6 Å². The Morgan fingerprint density at radius 2 is 1.57 bits per heavy atom. The number of ether oxygens (including phenoxy) is 2. The Hall–Kier alpha value is -1.87. The van der Waals surface area contributed by atoms with E-state index in [2.05, 4.69) is 29.6 Å². The van der Waals surface area contributed by atoms with Gasteiger partial charge >= 0.3 is 0 Å². The predicted octanol–water partition coefficient (Wildman–Crippen LogP) is 3.94. The fraction of sp³-hybridized carbons (Fsp3) is 0.294. The first-order valence-electron chi connectivity index (χ1n) is 6.96. The van der Waals surface area contributed by atoms with Crippen molar-refractivity contribution in [2.45, 2.75) is 18.9 Å². The van der Waals surface area contributed by atoms with E-state index in [-0.39, 0.29) is 0 Å². The smallest absolute Gasteiger partial charge is 0.162 e. The van der Waals surface area contributed by atoms with Crippen LogP contribution in [0.15, 0.2) is 36.4 Å². The van der Waals surface area contributed by atoms with Crippen molar-refractivity contribution in [3.05, 3.63) is 52.5 Å². The van der Waals surface area contributed by atoms with Crippen molar-refractivity contribution in [2.75, 3.05) is 19.5 Å². The molecule has 0 amide bonds. The van der Waals surface area contributed by atoms with Crippen LogP contribution in [0.4, 0.5) is 5.69 Å². The quantitative estimate of drug-likeness (QED) is 0.928. The zero-order chi connectivity index (χ0) is 14.8. The third-order valence-corrected chi connectivity index (χ3v) is 4.20. The highest BCUT2D eigenvalue weighted by Crippen LogP contribution is 2.37. The van der Waals surface area contributed by atoms with Gasteiger partial charge in [0.2, 0.25) is 0 Å². The van der Waals surface area contributed by atoms with Crippen molar-refractivity contribution in [1.82, 2.24) is 0 Å². The molecule has 0 unspecified atom stereocenters. The van der Waals surface area contributed by atoms with Gasteiger partial charge in [0.15, 0.2) is 11.5 Å². The normalized spacial score (nSPS) is 13.9. The molecule has 0 saturated heterocycles. The predicted molar refractivity (Wildman–Crippen MR) is 85.8 cm³/mol. The summed E-state index contributed by atoms with van der Waals surface area (Å²) in [5.41, 5.74) is 3.70. The summed E-state index contributed by atoms with van der Waals surface area (Å²) in [6.45, 7) is 0. The van der Waals surface area contributed by atoms with E-state index >= 15 is 0 Å². The van der Waals surface area contributed by atoms with Gasteiger partial charge in [0.25, 0.3) is 0 Å². The number of hydrogen-bond acceptors (Lipinski definition) is 3. The summed E-state index contributed by atoms with van der Waals surface area (Å²) < 4.78 is 10.6. The average Bonchev–Trinajstić information content (AvgIpc) is 2.91. The zero-order valence-corrected chi connectivity index (χ0v) is 12.9. The highest BCUT2D eigenvalue weighted by molar-refractivity contribution is 6.33. The van der Waals surface area contributed by atoms with Gasteiger partial charge in [-0.05, 0) is 24.0 Å². The minimum absolute atomic E-state index is 0.359. The lowest BCUT2D eigenvalue weighted by atomic mass is 10.1. The Balaban J connectivity index is 1.80. The third-order valence-electron chi connectivity index (χ3n) is 3.88. The Labute approximate surface area is 129 Å². The Morgan fingerprint density at radius 3 is 2.14 bits per heavy atom. The molecular formula is C17H18ClNO2. The molecule has 0 fully saturated rings. The van der Waals surface area contributed by atoms with Crippen LogP contribution in [0.1, 0.15) is 11.1 Å². The van der Waals surface area contributed by atoms with Crippen LogP contribution in [0.3, 0.4) is 0 Å². The van der Waals surface area contributed by atoms with E-state index in [1.165, 1.54) is 11.1 Å². The first-order chi connectivity index (χ1) is 10.2. The van der Waals surface area contributed by atoms with Gasteiger partial charge in [-0.1, -0.05) is 35.9 Å². The van der Waals surface area contributed by atoms with Gasteiger partial charge in [-0.3, -0.25) is 0 Å². The highest BCUT2D eigenvalue weighted by atomic mass is 35.5. The van der Waals surface area contributed by atoms with E-state index < -0.39 is 0 Å². The SMILES string of the molecule is COc1cc(Cl)c(NC2Cc3ccccc3C2)cc1OC. The van der Waals surface area contributed by atoms with E-state index in [0.717, 1.165) is 18.5 Å². The van der Waals surface area contributed by atoms with Crippen molar-refractivity contribution in [2.24, 2.45) is 0 Å². The first-order valence-corrected chi connectivity index (χ1v) is 7.34. The van der Waals surface area contributed by atoms with Gasteiger partial charge in [0.1, 0.15) is 0 Å². The highest BCUT2D eigenvalue weighted by Gasteiger charge is 2.22. The standard InChI is InChI=1S/C17H18ClNO2/c1-20-16-9-14(18)15(10-17(16)21-2)19-13-7-11-5-3-4-6-12(11)8-13/h3-6,9-10,13,19H,7-8H2,1-2H3. The molecule has 0 spiro atoms. The maximum atomic E-state index is 6.33. The lowest BCUT2D eigenvalue weighted by Gasteiger charge is -2.17. The summed E-state index contributed by atoms with van der Waals surface area (Å²) in [6, 6.07) is 12.6. The van der Waals surface area contributed by atoms with Gasteiger partial charge in [-0.15, -0.1) is 0 Å². The molecule has 0 aliphatic heterocycles. The monoisotopic (exact) mass is 303 g/mol. The maximum absolute atomic E-state index is 6.33. The topological polar surface area (TPSA) is 30.5 Å². The molecule has 1 N–H and O–H groups in total. The molecule has 1 aliphatic carbocycles. The Bertz CT molecular complexity index is 632. The molecule has 0 bridgehead atoms. The molecule has 110 valence electrons. The van der Waals surface area contributed by atoms with Crippen LogP contribution in [-0.2, 0) is 12.8 Å². The number of fused-ring (bicyclic) bond motifs is 1. The second-order valence-electron chi connectivity index (χ2n) is 5.21. The fourth-order valence-corrected chi connectivity index (χ4v) is 3.05. The Kier molecular flexibility index (Phi) is 3.93. The number of anilines is 1. The second kappa shape index (κ2) is 5.86. The summed E-state index contributed by atoms with van der Waals surface area (Å²) in [6.07, 6.45) is 2.03. The molecule has 21 heavy (non-hydrogen) atoms. The summed E-state index contributed by atoms with van der Waals surface area (Å²) in [4.78, 5) is 0. The molecule has 2 aromatic carbocycles. The van der Waals surface area contributed by atoms with Gasteiger partial charge < -0.3 is 14.8 Å². The number of halogens is 1. The minimum atomic E-state index is 0.359. The van der Waals surface area contributed by atoms with Crippen LogP contribution in [0, 0.1) is 0 Å². The average molecular weight is 304 g/mol. The lowest BCUT2D eigenvalue weighted by Crippen LogP contribution is -2.19. The Morgan fingerprint density at radius 1 is 1.00 bits per heavy atom. The van der Waals surface area contributed by atoms with E-state index in [1.807, 2.05) is 6.07 Å². The fourth-order valence-electron chi connectivity index (χ4n) is 2.85. The second-order valence-corrected chi connectivity index (χ2v) is 5.61. The number of rotatable bonds is 4. The van der Waals surface area contributed by atoms with Crippen molar-refractivity contribution < 1.29 is 9.47 Å². The van der Waals surface area contributed by atoms with Gasteiger partial charge in [-0.25, -0.2) is 0 Å². The van der Waals surface area contributed by atoms with Crippen LogP contribution in [0.2, 0.25) is 5.02 Å². The number of benzene rings is 2. The van der Waals surface area contributed by atoms with Crippen molar-refractivity contribution in [1.29, 1.82) is 0 Å². The van der Waals surface area contributed by atoms with E-state index in [1.54, 1.807) is 20.3 Å². The maximum Gasteiger partial charge on any atom is 0.162 e. The van der Waals surface area contributed by atoms with Crippen LogP contribution >= 0.6 is 11.6 Å². The molecule has 0 atom stereocenters. The molecule has 2 aromatic rings. The number of hydrogen-bond donors (Lipinski definition) is 1. The number of nitrogens with one attached hydrogen (secondary N) is 1.